The molecule has 1 aliphatic rings. The summed E-state index contributed by atoms with van der Waals surface area (Å²) in [6, 6.07) is 13.0. The Kier molecular flexibility index (Phi) is 3.50. The lowest BCUT2D eigenvalue weighted by atomic mass is 9.92. The lowest BCUT2D eigenvalue weighted by molar-refractivity contribution is 0.583. The van der Waals surface area contributed by atoms with Gasteiger partial charge in [0, 0.05) is 15.5 Å². The fraction of sp³-hybridized carbons (Fsp3) is 0.267. The second-order valence-electron chi connectivity index (χ2n) is 4.62. The van der Waals surface area contributed by atoms with Crippen LogP contribution in [0.4, 0.5) is 5.69 Å². The summed E-state index contributed by atoms with van der Waals surface area (Å²) in [5.74, 6) is 0. The Hall–Kier alpha value is -1.10. The summed E-state index contributed by atoms with van der Waals surface area (Å²) >= 11 is 2.37. The number of fused-ring (bicyclic) bond motifs is 1. The van der Waals surface area contributed by atoms with Crippen LogP contribution in [0, 0.1) is 3.57 Å². The first-order chi connectivity index (χ1) is 8.84. The molecule has 3 heteroatoms. The van der Waals surface area contributed by atoms with Gasteiger partial charge in [0.15, 0.2) is 0 Å². The van der Waals surface area contributed by atoms with Crippen LogP contribution in [0.3, 0.4) is 0 Å². The third kappa shape index (κ3) is 2.36. The van der Waals surface area contributed by atoms with Gasteiger partial charge in [-0.25, -0.2) is 0 Å². The SMILES string of the molecule is Ic1ccccc1NC1CCCc2cccnc21. The van der Waals surface area contributed by atoms with Crippen LogP contribution in [0.25, 0.3) is 0 Å². The molecule has 92 valence electrons. The van der Waals surface area contributed by atoms with E-state index in [9.17, 15) is 0 Å². The number of nitrogens with zero attached hydrogens (tertiary/aromatic N) is 1. The number of aryl methyl sites for hydroxylation is 1. The van der Waals surface area contributed by atoms with Crippen LogP contribution in [0.1, 0.15) is 30.1 Å². The van der Waals surface area contributed by atoms with E-state index >= 15 is 0 Å². The van der Waals surface area contributed by atoms with Gasteiger partial charge in [0.2, 0.25) is 0 Å². The third-order valence-electron chi connectivity index (χ3n) is 3.40. The molecule has 0 spiro atoms. The van der Waals surface area contributed by atoms with Crippen molar-refractivity contribution in [1.82, 2.24) is 4.98 Å². The minimum atomic E-state index is 0.353. The minimum absolute atomic E-state index is 0.353. The second-order valence-corrected chi connectivity index (χ2v) is 5.78. The molecule has 1 unspecified atom stereocenters. The molecular formula is C15H15IN2. The van der Waals surface area contributed by atoms with E-state index in [1.54, 1.807) is 0 Å². The molecule has 2 aromatic rings. The van der Waals surface area contributed by atoms with E-state index in [-0.39, 0.29) is 0 Å². The summed E-state index contributed by atoms with van der Waals surface area (Å²) in [5.41, 5.74) is 3.83. The normalized spacial score (nSPS) is 18.2. The molecule has 0 saturated heterocycles. The minimum Gasteiger partial charge on any atom is -0.376 e. The highest BCUT2D eigenvalue weighted by atomic mass is 127. The van der Waals surface area contributed by atoms with Gasteiger partial charge in [-0.3, -0.25) is 4.98 Å². The summed E-state index contributed by atoms with van der Waals surface area (Å²) in [4.78, 5) is 4.56. The first-order valence-corrected chi connectivity index (χ1v) is 7.37. The van der Waals surface area contributed by atoms with Gasteiger partial charge in [-0.2, -0.15) is 0 Å². The number of anilines is 1. The van der Waals surface area contributed by atoms with Crippen molar-refractivity contribution in [2.24, 2.45) is 0 Å². The van der Waals surface area contributed by atoms with E-state index in [4.69, 9.17) is 0 Å². The average Bonchev–Trinajstić information content (AvgIpc) is 2.42. The van der Waals surface area contributed by atoms with Crippen molar-refractivity contribution >= 4 is 28.3 Å². The van der Waals surface area contributed by atoms with Crippen LogP contribution in [-0.2, 0) is 6.42 Å². The van der Waals surface area contributed by atoms with E-state index in [1.807, 2.05) is 12.3 Å². The summed E-state index contributed by atoms with van der Waals surface area (Å²) in [5, 5.41) is 3.64. The van der Waals surface area contributed by atoms with Gasteiger partial charge in [0.25, 0.3) is 0 Å². The molecule has 1 N–H and O–H groups in total. The molecule has 0 fully saturated rings. The molecular weight excluding hydrogens is 335 g/mol. The fourth-order valence-electron chi connectivity index (χ4n) is 2.52. The molecule has 2 nitrogen and oxygen atoms in total. The topological polar surface area (TPSA) is 24.9 Å². The predicted molar refractivity (Wildman–Crippen MR) is 82.7 cm³/mol. The number of nitrogens with one attached hydrogen (secondary N) is 1. The molecule has 0 saturated carbocycles. The van der Waals surface area contributed by atoms with Gasteiger partial charge in [-0.05, 0) is 65.6 Å². The van der Waals surface area contributed by atoms with Crippen molar-refractivity contribution in [2.75, 3.05) is 5.32 Å². The highest BCUT2D eigenvalue weighted by Crippen LogP contribution is 2.32. The number of pyridine rings is 1. The maximum absolute atomic E-state index is 4.56. The van der Waals surface area contributed by atoms with Crippen LogP contribution in [0.15, 0.2) is 42.6 Å². The zero-order valence-corrected chi connectivity index (χ0v) is 12.2. The molecule has 1 aliphatic carbocycles. The number of hydrogen-bond acceptors (Lipinski definition) is 2. The number of benzene rings is 1. The molecule has 1 heterocycles. The van der Waals surface area contributed by atoms with Crippen LogP contribution in [0.2, 0.25) is 0 Å². The van der Waals surface area contributed by atoms with Gasteiger partial charge in [0.05, 0.1) is 11.7 Å². The van der Waals surface area contributed by atoms with Crippen LogP contribution in [0.5, 0.6) is 0 Å². The van der Waals surface area contributed by atoms with Crippen molar-refractivity contribution < 1.29 is 0 Å². The molecule has 0 bridgehead atoms. The first kappa shape index (κ1) is 12.0. The largest absolute Gasteiger partial charge is 0.376 e. The van der Waals surface area contributed by atoms with Gasteiger partial charge in [0.1, 0.15) is 0 Å². The van der Waals surface area contributed by atoms with E-state index in [1.165, 1.54) is 26.9 Å². The highest BCUT2D eigenvalue weighted by molar-refractivity contribution is 14.1. The van der Waals surface area contributed by atoms with Gasteiger partial charge in [-0.1, -0.05) is 18.2 Å². The highest BCUT2D eigenvalue weighted by Gasteiger charge is 2.21. The standard InChI is InChI=1S/C15H15IN2/c16-12-7-1-2-8-13(12)18-14-9-3-5-11-6-4-10-17-15(11)14/h1-2,4,6-8,10,14,18H,3,5,9H2. The predicted octanol–water partition coefficient (Wildman–Crippen LogP) is 4.18. The maximum atomic E-state index is 4.56. The van der Waals surface area contributed by atoms with Gasteiger partial charge >= 0.3 is 0 Å². The molecule has 3 rings (SSSR count). The number of rotatable bonds is 2. The third-order valence-corrected chi connectivity index (χ3v) is 4.34. The Morgan fingerprint density at radius 3 is 2.94 bits per heavy atom. The summed E-state index contributed by atoms with van der Waals surface area (Å²) in [6.07, 6.45) is 5.46. The lowest BCUT2D eigenvalue weighted by Gasteiger charge is -2.26. The Morgan fingerprint density at radius 1 is 1.17 bits per heavy atom. The number of aromatic nitrogens is 1. The Bertz CT molecular complexity index is 554. The first-order valence-electron chi connectivity index (χ1n) is 6.29. The Morgan fingerprint density at radius 2 is 2.06 bits per heavy atom. The average molecular weight is 350 g/mol. The molecule has 18 heavy (non-hydrogen) atoms. The van der Waals surface area contributed by atoms with Crippen LogP contribution >= 0.6 is 22.6 Å². The van der Waals surface area contributed by atoms with Crippen molar-refractivity contribution in [3.8, 4) is 0 Å². The second kappa shape index (κ2) is 5.26. The smallest absolute Gasteiger partial charge is 0.0688 e. The van der Waals surface area contributed by atoms with E-state index in [2.05, 4.69) is 63.2 Å². The zero-order chi connectivity index (χ0) is 12.4. The van der Waals surface area contributed by atoms with Crippen molar-refractivity contribution in [3.05, 3.63) is 57.4 Å². The van der Waals surface area contributed by atoms with Crippen molar-refractivity contribution in [3.63, 3.8) is 0 Å². The van der Waals surface area contributed by atoms with Crippen molar-refractivity contribution in [2.45, 2.75) is 25.3 Å². The van der Waals surface area contributed by atoms with Gasteiger partial charge in [-0.15, -0.1) is 0 Å². The quantitative estimate of drug-likeness (QED) is 0.822. The lowest BCUT2D eigenvalue weighted by Crippen LogP contribution is -2.19. The van der Waals surface area contributed by atoms with Crippen LogP contribution < -0.4 is 5.32 Å². The molecule has 1 atom stereocenters. The van der Waals surface area contributed by atoms with Crippen molar-refractivity contribution in [1.29, 1.82) is 0 Å². The summed E-state index contributed by atoms with van der Waals surface area (Å²) in [6.45, 7) is 0. The molecule has 1 aromatic heterocycles. The van der Waals surface area contributed by atoms with E-state index < -0.39 is 0 Å². The molecule has 0 aliphatic heterocycles. The Labute approximate surface area is 121 Å². The number of hydrogen-bond donors (Lipinski definition) is 1. The van der Waals surface area contributed by atoms with E-state index in [0.29, 0.717) is 6.04 Å². The maximum Gasteiger partial charge on any atom is 0.0688 e. The number of para-hydroxylation sites is 1. The molecule has 0 amide bonds. The number of halogens is 1. The molecule has 1 aromatic carbocycles. The van der Waals surface area contributed by atoms with E-state index in [0.717, 1.165) is 12.8 Å². The monoisotopic (exact) mass is 350 g/mol. The Balaban J connectivity index is 1.89. The van der Waals surface area contributed by atoms with Crippen LogP contribution in [-0.4, -0.2) is 4.98 Å². The summed E-state index contributed by atoms with van der Waals surface area (Å²) < 4.78 is 1.26. The zero-order valence-electron chi connectivity index (χ0n) is 10.1. The fourth-order valence-corrected chi connectivity index (χ4v) is 3.06. The van der Waals surface area contributed by atoms with Gasteiger partial charge < -0.3 is 5.32 Å². The summed E-state index contributed by atoms with van der Waals surface area (Å²) in [7, 11) is 0. The molecule has 0 radical (unpaired) electrons.